The number of aromatic amines is 1. The van der Waals surface area contributed by atoms with Gasteiger partial charge in [-0.05, 0) is 24.3 Å². The molecule has 0 saturated carbocycles. The van der Waals surface area contributed by atoms with Crippen molar-refractivity contribution in [3.63, 3.8) is 0 Å². The molecule has 112 valence electrons. The highest BCUT2D eigenvalue weighted by Gasteiger charge is 2.12. The number of benzene rings is 2. The second-order valence-corrected chi connectivity index (χ2v) is 5.13. The zero-order chi connectivity index (χ0) is 16.0. The maximum Gasteiger partial charge on any atom is 0.340 e. The quantitative estimate of drug-likeness (QED) is 0.538. The molecule has 0 spiro atoms. The van der Waals surface area contributed by atoms with Crippen molar-refractivity contribution in [2.24, 2.45) is 0 Å². The third kappa shape index (κ3) is 1.92. The summed E-state index contributed by atoms with van der Waals surface area (Å²) in [5, 5.41) is 0. The molecule has 23 heavy (non-hydrogen) atoms. The normalized spacial score (nSPS) is 11.1. The van der Waals surface area contributed by atoms with Gasteiger partial charge in [0.2, 0.25) is 0 Å². The van der Waals surface area contributed by atoms with Gasteiger partial charge in [0.25, 0.3) is 11.1 Å². The molecule has 1 N–H and O–H groups in total. The monoisotopic (exact) mass is 305 g/mol. The molecule has 4 aromatic rings. The molecule has 0 aliphatic heterocycles. The lowest BCUT2D eigenvalue weighted by molar-refractivity contribution is 0.853. The first kappa shape index (κ1) is 13.3. The van der Waals surface area contributed by atoms with Crippen LogP contribution in [0.1, 0.15) is 0 Å². The van der Waals surface area contributed by atoms with Gasteiger partial charge in [-0.3, -0.25) is 14.0 Å². The van der Waals surface area contributed by atoms with Crippen molar-refractivity contribution in [1.82, 2.24) is 14.0 Å². The topological polar surface area (TPSA) is 76.3 Å². The number of H-pyrrole nitrogens is 1. The fourth-order valence-electron chi connectivity index (χ4n) is 2.72. The minimum Gasteiger partial charge on any atom is -0.319 e. The zero-order valence-corrected chi connectivity index (χ0v) is 11.9. The molecule has 2 aromatic carbocycles. The SMILES string of the molecule is O=c1[nH]c2ccccc2n2c(=O)n(-c3ccccc3)c(=O)cc12. The molecule has 6 nitrogen and oxygen atoms in total. The van der Waals surface area contributed by atoms with E-state index in [4.69, 9.17) is 0 Å². The molecule has 2 aromatic heterocycles. The fraction of sp³-hybridized carbons (Fsp3) is 0. The fourth-order valence-corrected chi connectivity index (χ4v) is 2.72. The van der Waals surface area contributed by atoms with Gasteiger partial charge in [0.05, 0.1) is 16.7 Å². The molecule has 2 heterocycles. The minimum atomic E-state index is -0.569. The van der Waals surface area contributed by atoms with Crippen LogP contribution in [-0.4, -0.2) is 14.0 Å². The molecule has 0 unspecified atom stereocenters. The smallest absolute Gasteiger partial charge is 0.319 e. The van der Waals surface area contributed by atoms with E-state index in [1.54, 1.807) is 54.6 Å². The van der Waals surface area contributed by atoms with Crippen molar-refractivity contribution in [3.8, 4) is 5.69 Å². The number of fused-ring (bicyclic) bond motifs is 3. The molecule has 0 fully saturated rings. The number of nitrogens with zero attached hydrogens (tertiary/aromatic N) is 2. The summed E-state index contributed by atoms with van der Waals surface area (Å²) in [7, 11) is 0. The Morgan fingerprint density at radius 3 is 2.26 bits per heavy atom. The van der Waals surface area contributed by atoms with E-state index in [0.717, 1.165) is 4.57 Å². The van der Waals surface area contributed by atoms with Gasteiger partial charge in [-0.25, -0.2) is 9.36 Å². The lowest BCUT2D eigenvalue weighted by Gasteiger charge is -2.09. The summed E-state index contributed by atoms with van der Waals surface area (Å²) < 4.78 is 2.32. The van der Waals surface area contributed by atoms with E-state index in [1.807, 2.05) is 0 Å². The summed E-state index contributed by atoms with van der Waals surface area (Å²) in [5.41, 5.74) is -0.0182. The molecule has 0 amide bonds. The standard InChI is InChI=1S/C17H11N3O3/c21-15-10-14-16(22)18-12-8-4-5-9-13(12)20(14)17(23)19(15)11-6-2-1-3-7-11/h1-10H,(H,18,22). The highest BCUT2D eigenvalue weighted by Crippen LogP contribution is 2.09. The Kier molecular flexibility index (Phi) is 2.77. The van der Waals surface area contributed by atoms with E-state index in [0.29, 0.717) is 16.7 Å². The van der Waals surface area contributed by atoms with Crippen LogP contribution in [-0.2, 0) is 0 Å². The molecule has 0 aliphatic carbocycles. The molecular formula is C17H11N3O3. The average Bonchev–Trinajstić information content (AvgIpc) is 2.56. The maximum absolute atomic E-state index is 12.9. The van der Waals surface area contributed by atoms with E-state index in [9.17, 15) is 14.4 Å². The van der Waals surface area contributed by atoms with Crippen molar-refractivity contribution in [2.75, 3.05) is 0 Å². The molecule has 0 atom stereocenters. The Bertz CT molecular complexity index is 1220. The summed E-state index contributed by atoms with van der Waals surface area (Å²) in [4.78, 5) is 40.1. The van der Waals surface area contributed by atoms with Crippen LogP contribution in [0, 0.1) is 0 Å². The van der Waals surface area contributed by atoms with Crippen LogP contribution in [0.3, 0.4) is 0 Å². The summed E-state index contributed by atoms with van der Waals surface area (Å²) in [6, 6.07) is 16.8. The predicted molar refractivity (Wildman–Crippen MR) is 87.4 cm³/mol. The molecule has 4 rings (SSSR count). The van der Waals surface area contributed by atoms with Crippen LogP contribution < -0.4 is 16.8 Å². The second kappa shape index (κ2) is 4.81. The average molecular weight is 305 g/mol. The van der Waals surface area contributed by atoms with Crippen molar-refractivity contribution < 1.29 is 0 Å². The molecular weight excluding hydrogens is 294 g/mol. The number of aromatic nitrogens is 3. The Morgan fingerprint density at radius 1 is 0.783 bits per heavy atom. The zero-order valence-electron chi connectivity index (χ0n) is 11.9. The van der Waals surface area contributed by atoms with Gasteiger partial charge >= 0.3 is 5.69 Å². The first-order chi connectivity index (χ1) is 11.2. The summed E-state index contributed by atoms with van der Waals surface area (Å²) in [6.45, 7) is 0. The van der Waals surface area contributed by atoms with Crippen molar-refractivity contribution >= 4 is 16.6 Å². The van der Waals surface area contributed by atoms with E-state index < -0.39 is 16.8 Å². The molecule has 0 aliphatic rings. The van der Waals surface area contributed by atoms with Gasteiger partial charge in [0.1, 0.15) is 5.52 Å². The minimum absolute atomic E-state index is 0.0332. The maximum atomic E-state index is 12.9. The lowest BCUT2D eigenvalue weighted by Crippen LogP contribution is -2.37. The first-order valence-electron chi connectivity index (χ1n) is 7.02. The van der Waals surface area contributed by atoms with Crippen molar-refractivity contribution in [3.05, 3.63) is 91.9 Å². The van der Waals surface area contributed by atoms with Gasteiger partial charge in [0, 0.05) is 6.07 Å². The number of hydrogen-bond donors (Lipinski definition) is 1. The number of rotatable bonds is 1. The van der Waals surface area contributed by atoms with Gasteiger partial charge in [-0.1, -0.05) is 30.3 Å². The first-order valence-corrected chi connectivity index (χ1v) is 7.02. The van der Waals surface area contributed by atoms with Gasteiger partial charge in [-0.15, -0.1) is 0 Å². The summed E-state index contributed by atoms with van der Waals surface area (Å²) >= 11 is 0. The third-order valence-corrected chi connectivity index (χ3v) is 3.74. The van der Waals surface area contributed by atoms with Crippen LogP contribution in [0.2, 0.25) is 0 Å². The van der Waals surface area contributed by atoms with Crippen LogP contribution in [0.4, 0.5) is 0 Å². The highest BCUT2D eigenvalue weighted by molar-refractivity contribution is 5.77. The van der Waals surface area contributed by atoms with E-state index in [1.165, 1.54) is 10.5 Å². The summed E-state index contributed by atoms with van der Waals surface area (Å²) in [6.07, 6.45) is 0. The number of para-hydroxylation sites is 3. The molecule has 0 radical (unpaired) electrons. The Balaban J connectivity index is 2.29. The number of nitrogens with one attached hydrogen (secondary N) is 1. The van der Waals surface area contributed by atoms with Gasteiger partial charge in [0.15, 0.2) is 0 Å². The molecule has 0 bridgehead atoms. The van der Waals surface area contributed by atoms with E-state index in [-0.39, 0.29) is 5.52 Å². The van der Waals surface area contributed by atoms with E-state index >= 15 is 0 Å². The third-order valence-electron chi connectivity index (χ3n) is 3.74. The van der Waals surface area contributed by atoms with E-state index in [2.05, 4.69) is 4.98 Å². The number of hydrogen-bond acceptors (Lipinski definition) is 3. The van der Waals surface area contributed by atoms with Crippen molar-refractivity contribution in [1.29, 1.82) is 0 Å². The van der Waals surface area contributed by atoms with Crippen LogP contribution in [0.25, 0.3) is 22.2 Å². The van der Waals surface area contributed by atoms with Crippen LogP contribution in [0.5, 0.6) is 0 Å². The largest absolute Gasteiger partial charge is 0.340 e. The molecule has 6 heteroatoms. The lowest BCUT2D eigenvalue weighted by atomic mass is 10.3. The van der Waals surface area contributed by atoms with Gasteiger partial charge < -0.3 is 4.98 Å². The second-order valence-electron chi connectivity index (χ2n) is 5.13. The Hall–Kier alpha value is -3.41. The molecule has 0 saturated heterocycles. The Labute approximate surface area is 128 Å². The van der Waals surface area contributed by atoms with Crippen LogP contribution in [0.15, 0.2) is 75.0 Å². The highest BCUT2D eigenvalue weighted by atomic mass is 16.2. The predicted octanol–water partition coefficient (Wildman–Crippen LogP) is 1.29. The van der Waals surface area contributed by atoms with Gasteiger partial charge in [-0.2, -0.15) is 0 Å². The van der Waals surface area contributed by atoms with Crippen LogP contribution >= 0.6 is 0 Å². The summed E-state index contributed by atoms with van der Waals surface area (Å²) in [5.74, 6) is 0. The Morgan fingerprint density at radius 2 is 1.48 bits per heavy atom. The van der Waals surface area contributed by atoms with Crippen molar-refractivity contribution in [2.45, 2.75) is 0 Å².